The van der Waals surface area contributed by atoms with Gasteiger partial charge in [-0.3, -0.25) is 14.5 Å². The van der Waals surface area contributed by atoms with Crippen molar-refractivity contribution >= 4 is 12.4 Å². The number of carbonyl (C=O) groups excluding carboxylic acids is 1. The Hall–Kier alpha value is -2.71. The van der Waals surface area contributed by atoms with Crippen LogP contribution in [0.25, 0.3) is 5.69 Å². The van der Waals surface area contributed by atoms with E-state index < -0.39 is 0 Å². The summed E-state index contributed by atoms with van der Waals surface area (Å²) in [6.07, 6.45) is 6.26. The van der Waals surface area contributed by atoms with Crippen LogP contribution in [0.15, 0.2) is 36.7 Å². The number of carboxylic acid groups (broad SMARTS) is 1. The van der Waals surface area contributed by atoms with Crippen LogP contribution in [-0.4, -0.2) is 64.5 Å². The van der Waals surface area contributed by atoms with Crippen molar-refractivity contribution in [2.75, 3.05) is 20.2 Å². The number of rotatable bonds is 5. The number of hydrogen-bond donors (Lipinski definition) is 2. The van der Waals surface area contributed by atoms with Gasteiger partial charge in [0, 0.05) is 45.4 Å². The number of benzene rings is 1. The quantitative estimate of drug-likeness (QED) is 0.709. The molecule has 4 atom stereocenters. The second kappa shape index (κ2) is 10.5. The van der Waals surface area contributed by atoms with Crippen molar-refractivity contribution < 1.29 is 19.4 Å². The van der Waals surface area contributed by atoms with Gasteiger partial charge in [0.2, 0.25) is 5.91 Å². The highest BCUT2D eigenvalue weighted by atomic mass is 16.5. The fourth-order valence-corrected chi connectivity index (χ4v) is 4.97. The topological polar surface area (TPSA) is 96.7 Å². The zero-order chi connectivity index (χ0) is 22.4. The van der Waals surface area contributed by atoms with E-state index in [1.807, 2.05) is 16.9 Å². The molecule has 2 fully saturated rings. The Morgan fingerprint density at radius 3 is 2.61 bits per heavy atom. The average Bonchev–Trinajstić information content (AvgIpc) is 3.34. The van der Waals surface area contributed by atoms with Crippen LogP contribution in [0.3, 0.4) is 0 Å². The molecular formula is C23H32N4O4. The monoisotopic (exact) mass is 428 g/mol. The van der Waals surface area contributed by atoms with Gasteiger partial charge in [-0.15, -0.1) is 0 Å². The third-order valence-corrected chi connectivity index (χ3v) is 6.29. The van der Waals surface area contributed by atoms with Gasteiger partial charge >= 0.3 is 0 Å². The predicted octanol–water partition coefficient (Wildman–Crippen LogP) is 2.24. The minimum atomic E-state index is -0.250. The third-order valence-electron chi connectivity index (χ3n) is 6.29. The summed E-state index contributed by atoms with van der Waals surface area (Å²) in [6, 6.07) is 8.44. The second-order valence-corrected chi connectivity index (χ2v) is 8.45. The van der Waals surface area contributed by atoms with Gasteiger partial charge in [-0.2, -0.15) is 5.10 Å². The lowest BCUT2D eigenvalue weighted by molar-refractivity contribution is -0.123. The number of methoxy groups -OCH3 is 1. The van der Waals surface area contributed by atoms with Gasteiger partial charge in [0.15, 0.2) is 0 Å². The number of amides is 1. The van der Waals surface area contributed by atoms with Gasteiger partial charge in [0.1, 0.15) is 0 Å². The number of nitrogens with zero attached hydrogens (tertiary/aromatic N) is 3. The number of hydrogen-bond acceptors (Lipinski definition) is 5. The molecule has 1 aromatic heterocycles. The van der Waals surface area contributed by atoms with Crippen LogP contribution in [0.5, 0.6) is 0 Å². The molecular weight excluding hydrogens is 396 g/mol. The lowest BCUT2D eigenvalue weighted by atomic mass is 9.77. The maximum absolute atomic E-state index is 11.5. The van der Waals surface area contributed by atoms with Crippen LogP contribution in [-0.2, 0) is 20.9 Å². The zero-order valence-electron chi connectivity index (χ0n) is 18.4. The molecule has 168 valence electrons. The molecule has 2 aliphatic rings. The number of aryl methyl sites for hydroxylation is 1. The van der Waals surface area contributed by atoms with Crippen molar-refractivity contribution in [3.8, 4) is 5.69 Å². The average molecular weight is 429 g/mol. The summed E-state index contributed by atoms with van der Waals surface area (Å²) in [5, 5.41) is 14.6. The Labute approximate surface area is 183 Å². The maximum atomic E-state index is 11.5. The van der Waals surface area contributed by atoms with E-state index in [1.165, 1.54) is 11.1 Å². The fraction of sp³-hybridized carbons (Fsp3) is 0.522. The van der Waals surface area contributed by atoms with Gasteiger partial charge in [-0.25, -0.2) is 4.68 Å². The number of ether oxygens (including phenoxy) is 1. The van der Waals surface area contributed by atoms with Crippen molar-refractivity contribution in [2.45, 2.75) is 45.4 Å². The molecule has 8 heteroatoms. The van der Waals surface area contributed by atoms with E-state index in [9.17, 15) is 4.79 Å². The van der Waals surface area contributed by atoms with Crippen LogP contribution < -0.4 is 5.32 Å². The Morgan fingerprint density at radius 2 is 1.97 bits per heavy atom. The van der Waals surface area contributed by atoms with E-state index in [1.54, 1.807) is 14.0 Å². The van der Waals surface area contributed by atoms with Crippen molar-refractivity contribution in [3.05, 3.63) is 47.8 Å². The van der Waals surface area contributed by atoms with E-state index in [0.29, 0.717) is 11.8 Å². The molecule has 1 aromatic carbocycles. The Kier molecular flexibility index (Phi) is 7.81. The summed E-state index contributed by atoms with van der Waals surface area (Å²) >= 11 is 0. The number of fused-ring (bicyclic) bond motifs is 1. The maximum Gasteiger partial charge on any atom is 0.290 e. The first-order chi connectivity index (χ1) is 14.9. The minimum Gasteiger partial charge on any atom is -0.483 e. The molecule has 1 saturated heterocycles. The van der Waals surface area contributed by atoms with E-state index in [0.717, 1.165) is 38.2 Å². The van der Waals surface area contributed by atoms with E-state index >= 15 is 0 Å². The Balaban J connectivity index is 0.000000858. The first-order valence-corrected chi connectivity index (χ1v) is 10.6. The van der Waals surface area contributed by atoms with E-state index in [4.69, 9.17) is 14.6 Å². The van der Waals surface area contributed by atoms with Crippen molar-refractivity contribution in [1.29, 1.82) is 0 Å². The summed E-state index contributed by atoms with van der Waals surface area (Å²) in [6.45, 7) is 6.53. The standard InChI is InChI=1S/C22H30N4O2.CH2O2/c1-15-6-4-5-7-21(15)26-12-17(10-23-26)11-25-13-18-8-20(24-16(2)27)22(28-3)9-19(18)14-25;2-1-3/h4-7,10,12,18-20,22H,8-9,11,13-14H2,1-3H3,(H,24,27);1H,(H,2,3)/t18-,19+,20-,22-;/m1./s1. The number of nitrogens with one attached hydrogen (secondary N) is 1. The van der Waals surface area contributed by atoms with Gasteiger partial charge in [0.05, 0.1) is 24.0 Å². The van der Waals surface area contributed by atoms with E-state index in [-0.39, 0.29) is 24.5 Å². The van der Waals surface area contributed by atoms with Gasteiger partial charge in [-0.1, -0.05) is 18.2 Å². The van der Waals surface area contributed by atoms with Crippen LogP contribution in [0.1, 0.15) is 30.9 Å². The summed E-state index contributed by atoms with van der Waals surface area (Å²) < 4.78 is 7.66. The summed E-state index contributed by atoms with van der Waals surface area (Å²) in [7, 11) is 1.76. The van der Waals surface area contributed by atoms with Gasteiger partial charge in [0.25, 0.3) is 6.47 Å². The number of para-hydroxylation sites is 1. The number of likely N-dealkylation sites (tertiary alicyclic amines) is 1. The van der Waals surface area contributed by atoms with Crippen LogP contribution in [0.2, 0.25) is 0 Å². The third kappa shape index (κ3) is 5.71. The molecule has 1 aliphatic carbocycles. The van der Waals surface area contributed by atoms with E-state index in [2.05, 4.69) is 46.6 Å². The van der Waals surface area contributed by atoms with Gasteiger partial charge in [-0.05, 0) is 43.2 Å². The Morgan fingerprint density at radius 1 is 1.29 bits per heavy atom. The van der Waals surface area contributed by atoms with Crippen molar-refractivity contribution in [3.63, 3.8) is 0 Å². The molecule has 1 saturated carbocycles. The van der Waals surface area contributed by atoms with Crippen molar-refractivity contribution in [1.82, 2.24) is 20.0 Å². The summed E-state index contributed by atoms with van der Waals surface area (Å²) in [4.78, 5) is 22.4. The molecule has 2 heterocycles. The molecule has 8 nitrogen and oxygen atoms in total. The molecule has 2 N–H and O–H groups in total. The minimum absolute atomic E-state index is 0.0315. The molecule has 1 aliphatic heterocycles. The van der Waals surface area contributed by atoms with Crippen LogP contribution >= 0.6 is 0 Å². The fourth-order valence-electron chi connectivity index (χ4n) is 4.97. The molecule has 1 amide bonds. The molecule has 0 spiro atoms. The summed E-state index contributed by atoms with van der Waals surface area (Å²) in [5.74, 6) is 1.29. The molecule has 31 heavy (non-hydrogen) atoms. The van der Waals surface area contributed by atoms with Crippen molar-refractivity contribution in [2.24, 2.45) is 11.8 Å². The van der Waals surface area contributed by atoms with Crippen LogP contribution in [0, 0.1) is 18.8 Å². The molecule has 0 unspecified atom stereocenters. The molecule has 0 radical (unpaired) electrons. The Bertz CT molecular complexity index is 884. The van der Waals surface area contributed by atoms with Gasteiger partial charge < -0.3 is 15.2 Å². The number of carbonyl (C=O) groups is 2. The smallest absolute Gasteiger partial charge is 0.290 e. The molecule has 4 rings (SSSR count). The first kappa shape index (κ1) is 23.0. The summed E-state index contributed by atoms with van der Waals surface area (Å²) in [5.41, 5.74) is 3.59. The SMILES string of the molecule is CO[C@@H]1C[C@H]2CN(Cc3cnn(-c4ccccc4C)c3)C[C@H]2C[C@H]1NC(C)=O.O=CO. The predicted molar refractivity (Wildman–Crippen MR) is 117 cm³/mol. The highest BCUT2D eigenvalue weighted by Crippen LogP contribution is 2.38. The lowest BCUT2D eigenvalue weighted by Crippen LogP contribution is -2.49. The highest BCUT2D eigenvalue weighted by molar-refractivity contribution is 5.73. The number of aromatic nitrogens is 2. The normalized spacial score (nSPS) is 25.3. The lowest BCUT2D eigenvalue weighted by Gasteiger charge is -2.37. The van der Waals surface area contributed by atoms with Crippen LogP contribution in [0.4, 0.5) is 0 Å². The highest BCUT2D eigenvalue weighted by Gasteiger charge is 2.42. The second-order valence-electron chi connectivity index (χ2n) is 8.45. The molecule has 0 bridgehead atoms. The zero-order valence-corrected chi connectivity index (χ0v) is 18.4. The first-order valence-electron chi connectivity index (χ1n) is 10.6. The molecule has 2 aromatic rings. The largest absolute Gasteiger partial charge is 0.483 e.